The van der Waals surface area contributed by atoms with E-state index in [0.717, 1.165) is 23.9 Å². The minimum Gasteiger partial charge on any atom is -0.350 e. The minimum atomic E-state index is 0.0619. The Morgan fingerprint density at radius 1 is 1.77 bits per heavy atom. The highest BCUT2D eigenvalue weighted by Crippen LogP contribution is 2.14. The molecule has 0 spiro atoms. The summed E-state index contributed by atoms with van der Waals surface area (Å²) in [6.07, 6.45) is 2.08. The number of hydrogen-bond acceptors (Lipinski definition) is 2. The summed E-state index contributed by atoms with van der Waals surface area (Å²) in [5, 5.41) is 2.83. The van der Waals surface area contributed by atoms with Gasteiger partial charge in [0.05, 0.1) is 6.04 Å². The van der Waals surface area contributed by atoms with Crippen LogP contribution in [0.25, 0.3) is 0 Å². The summed E-state index contributed by atoms with van der Waals surface area (Å²) in [6, 6.07) is 0.0619. The van der Waals surface area contributed by atoms with Gasteiger partial charge < -0.3 is 5.32 Å². The van der Waals surface area contributed by atoms with Crippen molar-refractivity contribution in [1.29, 1.82) is 0 Å². The van der Waals surface area contributed by atoms with Gasteiger partial charge in [0.2, 0.25) is 5.91 Å². The van der Waals surface area contributed by atoms with Crippen LogP contribution >= 0.6 is 15.9 Å². The highest BCUT2D eigenvalue weighted by atomic mass is 79.9. The summed E-state index contributed by atoms with van der Waals surface area (Å²) in [4.78, 5) is 13.6. The van der Waals surface area contributed by atoms with Crippen molar-refractivity contribution in [3.05, 3.63) is 11.1 Å². The zero-order chi connectivity index (χ0) is 9.84. The first-order chi connectivity index (χ1) is 6.11. The molecule has 1 rings (SSSR count). The van der Waals surface area contributed by atoms with E-state index in [9.17, 15) is 4.79 Å². The van der Waals surface area contributed by atoms with Gasteiger partial charge in [-0.15, -0.1) is 0 Å². The van der Waals surface area contributed by atoms with Gasteiger partial charge in [0.15, 0.2) is 0 Å². The van der Waals surface area contributed by atoms with Crippen LogP contribution < -0.4 is 5.32 Å². The van der Waals surface area contributed by atoms with E-state index in [1.165, 1.54) is 0 Å². The minimum absolute atomic E-state index is 0.0619. The lowest BCUT2D eigenvalue weighted by Gasteiger charge is -2.18. The van der Waals surface area contributed by atoms with Crippen LogP contribution in [0.2, 0.25) is 0 Å². The molecular formula is C9H15BrN2O. The van der Waals surface area contributed by atoms with E-state index in [2.05, 4.69) is 32.7 Å². The Balaban J connectivity index is 2.34. The molecule has 1 fully saturated rings. The van der Waals surface area contributed by atoms with Gasteiger partial charge in [-0.1, -0.05) is 22.5 Å². The van der Waals surface area contributed by atoms with Gasteiger partial charge in [0.1, 0.15) is 0 Å². The fourth-order valence-corrected chi connectivity index (χ4v) is 1.68. The van der Waals surface area contributed by atoms with E-state index < -0.39 is 0 Å². The fraction of sp³-hybridized carbons (Fsp3) is 0.667. The lowest BCUT2D eigenvalue weighted by molar-refractivity contribution is -0.124. The van der Waals surface area contributed by atoms with Gasteiger partial charge in [-0.3, -0.25) is 9.69 Å². The topological polar surface area (TPSA) is 32.3 Å². The van der Waals surface area contributed by atoms with Crippen LogP contribution in [0, 0.1) is 0 Å². The second-order valence-electron chi connectivity index (χ2n) is 3.37. The smallest absolute Gasteiger partial charge is 0.237 e. The van der Waals surface area contributed by atoms with Crippen molar-refractivity contribution < 1.29 is 4.79 Å². The first-order valence-corrected chi connectivity index (χ1v) is 5.22. The predicted octanol–water partition coefficient (Wildman–Crippen LogP) is 1.11. The summed E-state index contributed by atoms with van der Waals surface area (Å²) in [5.74, 6) is 0.112. The number of likely N-dealkylation sites (N-methyl/N-ethyl adjacent to an activating group) is 1. The molecule has 0 aliphatic carbocycles. The van der Waals surface area contributed by atoms with Gasteiger partial charge >= 0.3 is 0 Å². The number of carbonyl (C=O) groups is 1. The highest BCUT2D eigenvalue weighted by Gasteiger charge is 2.27. The van der Waals surface area contributed by atoms with E-state index in [4.69, 9.17) is 0 Å². The fourth-order valence-electron chi connectivity index (χ4n) is 1.54. The molecular weight excluding hydrogens is 232 g/mol. The average molecular weight is 247 g/mol. The Morgan fingerprint density at radius 2 is 2.46 bits per heavy atom. The summed E-state index contributed by atoms with van der Waals surface area (Å²) in [5.41, 5.74) is 0. The molecule has 0 aromatic heterocycles. The van der Waals surface area contributed by atoms with Crippen LogP contribution in [0.5, 0.6) is 0 Å². The quantitative estimate of drug-likeness (QED) is 0.810. The SMILES string of the molecule is C=C(Br)CNC(=O)C1CCCN1C. The summed E-state index contributed by atoms with van der Waals surface area (Å²) in [7, 11) is 1.99. The van der Waals surface area contributed by atoms with Crippen LogP contribution in [0.3, 0.4) is 0 Å². The number of nitrogens with one attached hydrogen (secondary N) is 1. The number of rotatable bonds is 3. The average Bonchev–Trinajstić information content (AvgIpc) is 2.47. The van der Waals surface area contributed by atoms with Crippen molar-refractivity contribution in [3.8, 4) is 0 Å². The van der Waals surface area contributed by atoms with Crippen molar-refractivity contribution in [3.63, 3.8) is 0 Å². The maximum atomic E-state index is 11.5. The molecule has 1 amide bonds. The molecule has 1 atom stereocenters. The van der Waals surface area contributed by atoms with Crippen LogP contribution in [-0.2, 0) is 4.79 Å². The molecule has 1 aliphatic heterocycles. The standard InChI is InChI=1S/C9H15BrN2O/c1-7(10)6-11-9(13)8-4-3-5-12(8)2/h8H,1,3-6H2,2H3,(H,11,13). The molecule has 0 aromatic rings. The predicted molar refractivity (Wildman–Crippen MR) is 56.7 cm³/mol. The number of nitrogens with zero attached hydrogens (tertiary/aromatic N) is 1. The monoisotopic (exact) mass is 246 g/mol. The third-order valence-electron chi connectivity index (χ3n) is 2.28. The first-order valence-electron chi connectivity index (χ1n) is 4.42. The Kier molecular flexibility index (Phi) is 3.93. The molecule has 1 unspecified atom stereocenters. The normalized spacial score (nSPS) is 23.1. The van der Waals surface area contributed by atoms with E-state index in [1.54, 1.807) is 0 Å². The molecule has 1 aliphatic rings. The molecule has 0 aromatic carbocycles. The van der Waals surface area contributed by atoms with Gasteiger partial charge in [-0.05, 0) is 26.4 Å². The van der Waals surface area contributed by atoms with Crippen molar-refractivity contribution in [2.24, 2.45) is 0 Å². The first kappa shape index (κ1) is 10.7. The van der Waals surface area contributed by atoms with E-state index >= 15 is 0 Å². The molecule has 0 saturated carbocycles. The lowest BCUT2D eigenvalue weighted by atomic mass is 10.2. The maximum absolute atomic E-state index is 11.5. The lowest BCUT2D eigenvalue weighted by Crippen LogP contribution is -2.41. The van der Waals surface area contributed by atoms with Crippen molar-refractivity contribution in [2.75, 3.05) is 20.1 Å². The summed E-state index contributed by atoms with van der Waals surface area (Å²) >= 11 is 3.20. The van der Waals surface area contributed by atoms with Crippen LogP contribution in [0.1, 0.15) is 12.8 Å². The second kappa shape index (κ2) is 4.77. The number of likely N-dealkylation sites (tertiary alicyclic amines) is 1. The molecule has 13 heavy (non-hydrogen) atoms. The molecule has 1 N–H and O–H groups in total. The molecule has 0 bridgehead atoms. The van der Waals surface area contributed by atoms with Crippen molar-refractivity contribution in [2.45, 2.75) is 18.9 Å². The zero-order valence-electron chi connectivity index (χ0n) is 7.85. The Morgan fingerprint density at radius 3 is 2.92 bits per heavy atom. The van der Waals surface area contributed by atoms with Gasteiger partial charge in [-0.25, -0.2) is 0 Å². The third-order valence-corrected chi connectivity index (χ3v) is 2.56. The summed E-state index contributed by atoms with van der Waals surface area (Å²) < 4.78 is 0.807. The molecule has 3 nitrogen and oxygen atoms in total. The Bertz CT molecular complexity index is 218. The number of hydrogen-bond donors (Lipinski definition) is 1. The molecule has 1 saturated heterocycles. The van der Waals surface area contributed by atoms with E-state index in [-0.39, 0.29) is 11.9 Å². The Labute approximate surface area is 87.3 Å². The number of carbonyl (C=O) groups excluding carboxylic acids is 1. The van der Waals surface area contributed by atoms with Gasteiger partial charge in [0.25, 0.3) is 0 Å². The maximum Gasteiger partial charge on any atom is 0.237 e. The Hall–Kier alpha value is -0.350. The second-order valence-corrected chi connectivity index (χ2v) is 4.50. The van der Waals surface area contributed by atoms with E-state index in [0.29, 0.717) is 6.54 Å². The highest BCUT2D eigenvalue weighted by molar-refractivity contribution is 9.11. The molecule has 4 heteroatoms. The zero-order valence-corrected chi connectivity index (χ0v) is 9.43. The van der Waals surface area contributed by atoms with Gasteiger partial charge in [0, 0.05) is 11.0 Å². The molecule has 74 valence electrons. The van der Waals surface area contributed by atoms with Crippen LogP contribution in [0.4, 0.5) is 0 Å². The van der Waals surface area contributed by atoms with Crippen molar-refractivity contribution >= 4 is 21.8 Å². The van der Waals surface area contributed by atoms with E-state index in [1.807, 2.05) is 7.05 Å². The largest absolute Gasteiger partial charge is 0.350 e. The van der Waals surface area contributed by atoms with Crippen molar-refractivity contribution in [1.82, 2.24) is 10.2 Å². The number of amides is 1. The third kappa shape index (κ3) is 3.12. The number of halogens is 1. The molecule has 1 heterocycles. The molecule has 0 radical (unpaired) electrons. The summed E-state index contributed by atoms with van der Waals surface area (Å²) in [6.45, 7) is 5.20. The van der Waals surface area contributed by atoms with Gasteiger partial charge in [-0.2, -0.15) is 0 Å². The van der Waals surface area contributed by atoms with Crippen LogP contribution in [-0.4, -0.2) is 37.0 Å². The van der Waals surface area contributed by atoms with Crippen LogP contribution in [0.15, 0.2) is 11.1 Å².